The van der Waals surface area contributed by atoms with Gasteiger partial charge in [0.2, 0.25) is 0 Å². The minimum atomic E-state index is 0.695. The largest absolute Gasteiger partial charge is 0.493 e. The average Bonchev–Trinajstić information content (AvgIpc) is 3.27. The maximum absolute atomic E-state index is 6.16. The molecule has 0 bridgehead atoms. The lowest BCUT2D eigenvalue weighted by Gasteiger charge is -2.05. The lowest BCUT2D eigenvalue weighted by molar-refractivity contribution is 0.405. The number of hydrogen-bond donors (Lipinski definition) is 1. The van der Waals surface area contributed by atoms with E-state index in [0.29, 0.717) is 6.04 Å². The van der Waals surface area contributed by atoms with E-state index in [9.17, 15) is 0 Å². The Kier molecular flexibility index (Phi) is 4.20. The highest BCUT2D eigenvalue weighted by Crippen LogP contribution is 2.35. The van der Waals surface area contributed by atoms with Crippen molar-refractivity contribution in [3.05, 3.63) is 29.0 Å². The zero-order valence-corrected chi connectivity index (χ0v) is 13.3. The number of methoxy groups -OCH3 is 1. The first kappa shape index (κ1) is 14.5. The van der Waals surface area contributed by atoms with Crippen molar-refractivity contribution in [1.82, 2.24) is 5.32 Å². The number of rotatable bonds is 7. The van der Waals surface area contributed by atoms with Gasteiger partial charge in [-0.05, 0) is 43.4 Å². The number of benzene rings is 1. The zero-order valence-electron chi connectivity index (χ0n) is 13.3. The Bertz CT molecular complexity index is 626. The molecule has 21 heavy (non-hydrogen) atoms. The van der Waals surface area contributed by atoms with Crippen molar-refractivity contribution in [2.75, 3.05) is 7.11 Å². The second kappa shape index (κ2) is 6.10. The van der Waals surface area contributed by atoms with Crippen LogP contribution in [0.5, 0.6) is 5.75 Å². The van der Waals surface area contributed by atoms with Gasteiger partial charge in [0.1, 0.15) is 5.76 Å². The number of ether oxygens (including phenoxy) is 1. The molecule has 1 heterocycles. The van der Waals surface area contributed by atoms with Gasteiger partial charge in [0.05, 0.1) is 13.7 Å². The fraction of sp³-hybridized carbons (Fsp3) is 0.556. The number of aryl methyl sites for hydroxylation is 2. The van der Waals surface area contributed by atoms with Crippen molar-refractivity contribution < 1.29 is 9.15 Å². The van der Waals surface area contributed by atoms with Crippen LogP contribution in [-0.2, 0) is 19.4 Å². The summed E-state index contributed by atoms with van der Waals surface area (Å²) in [6, 6.07) is 5.06. The molecule has 3 rings (SSSR count). The van der Waals surface area contributed by atoms with Gasteiger partial charge in [-0.1, -0.05) is 20.3 Å². The summed E-state index contributed by atoms with van der Waals surface area (Å²) >= 11 is 0. The Labute approximate surface area is 126 Å². The first-order valence-corrected chi connectivity index (χ1v) is 8.11. The van der Waals surface area contributed by atoms with Gasteiger partial charge in [-0.15, -0.1) is 0 Å². The van der Waals surface area contributed by atoms with Gasteiger partial charge >= 0.3 is 0 Å². The summed E-state index contributed by atoms with van der Waals surface area (Å²) in [5.74, 6) is 1.95. The van der Waals surface area contributed by atoms with E-state index >= 15 is 0 Å². The lowest BCUT2D eigenvalue weighted by Crippen LogP contribution is -2.15. The molecule has 0 amide bonds. The van der Waals surface area contributed by atoms with Gasteiger partial charge in [-0.2, -0.15) is 0 Å². The van der Waals surface area contributed by atoms with E-state index < -0.39 is 0 Å². The molecule has 0 spiro atoms. The molecule has 0 atom stereocenters. The molecule has 1 aromatic carbocycles. The SMILES string of the molecule is CCCc1c(CNC2CC2)oc2c(OC)cc(CC)cc12. The van der Waals surface area contributed by atoms with Crippen LogP contribution in [0, 0.1) is 0 Å². The van der Waals surface area contributed by atoms with E-state index in [1.165, 1.54) is 29.4 Å². The Morgan fingerprint density at radius 1 is 1.29 bits per heavy atom. The summed E-state index contributed by atoms with van der Waals surface area (Å²) in [6.07, 6.45) is 5.80. The molecule has 114 valence electrons. The summed E-state index contributed by atoms with van der Waals surface area (Å²) in [5.41, 5.74) is 3.57. The van der Waals surface area contributed by atoms with E-state index in [2.05, 4.69) is 31.3 Å². The fourth-order valence-electron chi connectivity index (χ4n) is 2.87. The molecule has 1 N–H and O–H groups in total. The van der Waals surface area contributed by atoms with Crippen LogP contribution in [0.25, 0.3) is 11.0 Å². The molecular weight excluding hydrogens is 262 g/mol. The van der Waals surface area contributed by atoms with Crippen molar-refractivity contribution >= 4 is 11.0 Å². The van der Waals surface area contributed by atoms with E-state index in [1.54, 1.807) is 7.11 Å². The van der Waals surface area contributed by atoms with Gasteiger partial charge in [-0.25, -0.2) is 0 Å². The molecule has 2 aromatic rings. The Balaban J connectivity index is 2.05. The molecule has 0 radical (unpaired) electrons. The predicted octanol–water partition coefficient (Wildman–Crippen LogP) is 4.21. The Morgan fingerprint density at radius 3 is 2.71 bits per heavy atom. The maximum Gasteiger partial charge on any atom is 0.176 e. The maximum atomic E-state index is 6.16. The lowest BCUT2D eigenvalue weighted by atomic mass is 10.0. The predicted molar refractivity (Wildman–Crippen MR) is 86.0 cm³/mol. The molecule has 1 aliphatic rings. The summed E-state index contributed by atoms with van der Waals surface area (Å²) in [6.45, 7) is 5.23. The van der Waals surface area contributed by atoms with Crippen LogP contribution in [-0.4, -0.2) is 13.2 Å². The van der Waals surface area contributed by atoms with Crippen molar-refractivity contribution in [2.24, 2.45) is 0 Å². The second-order valence-corrected chi connectivity index (χ2v) is 5.94. The van der Waals surface area contributed by atoms with Gasteiger partial charge < -0.3 is 14.5 Å². The van der Waals surface area contributed by atoms with Crippen LogP contribution in [0.3, 0.4) is 0 Å². The molecule has 0 saturated heterocycles. The smallest absolute Gasteiger partial charge is 0.176 e. The Hall–Kier alpha value is -1.48. The van der Waals surface area contributed by atoms with Gasteiger partial charge in [0.25, 0.3) is 0 Å². The normalized spacial score (nSPS) is 14.8. The third kappa shape index (κ3) is 2.93. The van der Waals surface area contributed by atoms with Crippen molar-refractivity contribution in [1.29, 1.82) is 0 Å². The highest BCUT2D eigenvalue weighted by Gasteiger charge is 2.23. The molecular formula is C18H25NO2. The summed E-state index contributed by atoms with van der Waals surface area (Å²) < 4.78 is 11.7. The summed E-state index contributed by atoms with van der Waals surface area (Å²) in [4.78, 5) is 0. The molecule has 1 fully saturated rings. The monoisotopic (exact) mass is 287 g/mol. The van der Waals surface area contributed by atoms with E-state index in [-0.39, 0.29) is 0 Å². The first-order valence-electron chi connectivity index (χ1n) is 8.11. The van der Waals surface area contributed by atoms with E-state index in [0.717, 1.165) is 42.9 Å². The molecule has 3 nitrogen and oxygen atoms in total. The van der Waals surface area contributed by atoms with E-state index in [1.807, 2.05) is 0 Å². The third-order valence-electron chi connectivity index (χ3n) is 4.26. The van der Waals surface area contributed by atoms with Crippen LogP contribution in [0.15, 0.2) is 16.5 Å². The van der Waals surface area contributed by atoms with Crippen molar-refractivity contribution in [3.8, 4) is 5.75 Å². The number of fused-ring (bicyclic) bond motifs is 1. The Morgan fingerprint density at radius 2 is 2.10 bits per heavy atom. The highest BCUT2D eigenvalue weighted by atomic mass is 16.5. The fourth-order valence-corrected chi connectivity index (χ4v) is 2.87. The van der Waals surface area contributed by atoms with Crippen LogP contribution in [0.1, 0.15) is 50.0 Å². The molecule has 1 aliphatic carbocycles. The standard InChI is InChI=1S/C18H25NO2/c1-4-6-14-15-9-12(5-2)10-16(20-3)18(15)21-17(14)11-19-13-7-8-13/h9-10,13,19H,4-8,11H2,1-3H3. The van der Waals surface area contributed by atoms with Gasteiger partial charge in [0.15, 0.2) is 11.3 Å². The minimum Gasteiger partial charge on any atom is -0.493 e. The molecule has 0 aliphatic heterocycles. The van der Waals surface area contributed by atoms with Crippen LogP contribution < -0.4 is 10.1 Å². The van der Waals surface area contributed by atoms with Crippen LogP contribution >= 0.6 is 0 Å². The minimum absolute atomic E-state index is 0.695. The summed E-state index contributed by atoms with van der Waals surface area (Å²) in [7, 11) is 1.72. The van der Waals surface area contributed by atoms with Crippen LogP contribution in [0.4, 0.5) is 0 Å². The molecule has 3 heteroatoms. The topological polar surface area (TPSA) is 34.4 Å². The summed E-state index contributed by atoms with van der Waals surface area (Å²) in [5, 5.41) is 4.80. The highest BCUT2D eigenvalue weighted by molar-refractivity contribution is 5.88. The average molecular weight is 287 g/mol. The molecule has 0 unspecified atom stereocenters. The molecule has 1 saturated carbocycles. The van der Waals surface area contributed by atoms with Crippen molar-refractivity contribution in [2.45, 2.75) is 58.5 Å². The number of nitrogens with one attached hydrogen (secondary N) is 1. The quantitative estimate of drug-likeness (QED) is 0.828. The van der Waals surface area contributed by atoms with E-state index in [4.69, 9.17) is 9.15 Å². The third-order valence-corrected chi connectivity index (χ3v) is 4.26. The first-order chi connectivity index (χ1) is 10.3. The van der Waals surface area contributed by atoms with Gasteiger partial charge in [-0.3, -0.25) is 0 Å². The van der Waals surface area contributed by atoms with Crippen molar-refractivity contribution in [3.63, 3.8) is 0 Å². The number of hydrogen-bond acceptors (Lipinski definition) is 3. The van der Waals surface area contributed by atoms with Gasteiger partial charge in [0, 0.05) is 17.0 Å². The van der Waals surface area contributed by atoms with Crippen LogP contribution in [0.2, 0.25) is 0 Å². The number of furan rings is 1. The zero-order chi connectivity index (χ0) is 14.8. The molecule has 1 aromatic heterocycles. The second-order valence-electron chi connectivity index (χ2n) is 5.94.